The van der Waals surface area contributed by atoms with Gasteiger partial charge in [-0.15, -0.1) is 23.1 Å². The van der Waals surface area contributed by atoms with Crippen LogP contribution in [0.2, 0.25) is 0 Å². The minimum atomic E-state index is -2.03. The zero-order chi connectivity index (χ0) is 31.1. The van der Waals surface area contributed by atoms with Gasteiger partial charge in [-0.2, -0.15) is 0 Å². The van der Waals surface area contributed by atoms with Crippen molar-refractivity contribution in [2.75, 3.05) is 31.3 Å². The summed E-state index contributed by atoms with van der Waals surface area (Å²) in [6.45, 7) is -1.09. The average Bonchev–Trinajstić information content (AvgIpc) is 3.51. The topological polar surface area (TPSA) is 293 Å². The third-order valence-electron chi connectivity index (χ3n) is 5.89. The fourth-order valence-electron chi connectivity index (χ4n) is 3.65. The number of nitrogens with zero attached hydrogens (tertiary/aromatic N) is 2. The predicted octanol–water partition coefficient (Wildman–Crippen LogP) is -4.14. The van der Waals surface area contributed by atoms with Gasteiger partial charge in [-0.25, -0.2) is 19.4 Å². The Kier molecular flexibility index (Phi) is 11.4. The molecule has 0 saturated carbocycles. The minimum absolute atomic E-state index is 0.0404. The molecule has 18 nitrogen and oxygen atoms in total. The third-order valence-corrected chi connectivity index (χ3v) is 7.79. The Bertz CT molecular complexity index is 1240. The number of oxime groups is 1. The summed E-state index contributed by atoms with van der Waals surface area (Å²) in [5.74, 6) is -4.11. The number of anilines is 1. The van der Waals surface area contributed by atoms with Crippen molar-refractivity contribution in [1.82, 2.24) is 15.6 Å². The number of carbonyl (C=O) groups excluding carboxylic acids is 3. The Labute approximate surface area is 245 Å². The molecule has 20 heteroatoms. The quantitative estimate of drug-likeness (QED) is 0.0532. The largest absolute Gasteiger partial charge is 0.479 e. The van der Waals surface area contributed by atoms with Gasteiger partial charge < -0.3 is 61.3 Å². The van der Waals surface area contributed by atoms with Crippen LogP contribution in [0.4, 0.5) is 5.13 Å². The van der Waals surface area contributed by atoms with Gasteiger partial charge in [-0.3, -0.25) is 4.79 Å². The van der Waals surface area contributed by atoms with E-state index in [2.05, 4.69) is 20.8 Å². The van der Waals surface area contributed by atoms with Crippen molar-refractivity contribution in [2.24, 2.45) is 5.16 Å². The van der Waals surface area contributed by atoms with Crippen molar-refractivity contribution in [3.63, 3.8) is 0 Å². The van der Waals surface area contributed by atoms with E-state index in [0.29, 0.717) is 5.57 Å². The van der Waals surface area contributed by atoms with E-state index in [0.717, 1.165) is 23.1 Å². The maximum Gasteiger partial charge on any atom is 0.355 e. The molecule has 0 bridgehead atoms. The van der Waals surface area contributed by atoms with Gasteiger partial charge in [0.15, 0.2) is 16.9 Å². The summed E-state index contributed by atoms with van der Waals surface area (Å²) < 4.78 is 10.3. The Hall–Kier alpha value is -3.53. The molecule has 0 aliphatic carbocycles. The van der Waals surface area contributed by atoms with Gasteiger partial charge >= 0.3 is 17.9 Å². The number of aliphatic carboxylic acids is 1. The number of nitrogens with one attached hydrogen (secondary N) is 2. The van der Waals surface area contributed by atoms with Crippen LogP contribution in [0.5, 0.6) is 0 Å². The van der Waals surface area contributed by atoms with Gasteiger partial charge in [0, 0.05) is 16.7 Å². The highest BCUT2D eigenvalue weighted by molar-refractivity contribution is 8.00. The van der Waals surface area contributed by atoms with E-state index in [1.165, 1.54) is 5.38 Å². The maximum atomic E-state index is 13.3. The zero-order valence-electron chi connectivity index (χ0n) is 21.8. The summed E-state index contributed by atoms with van der Waals surface area (Å²) >= 11 is 2.03. The first-order chi connectivity index (χ1) is 19.8. The fraction of sp³-hybridized carbons (Fsp3) is 0.545. The number of aliphatic hydroxyl groups is 5. The van der Waals surface area contributed by atoms with Gasteiger partial charge in [0.25, 0.3) is 5.91 Å². The van der Waals surface area contributed by atoms with Gasteiger partial charge in [-0.05, 0) is 6.92 Å². The zero-order valence-corrected chi connectivity index (χ0v) is 23.4. The van der Waals surface area contributed by atoms with E-state index < -0.39 is 91.3 Å². The molecule has 0 aromatic carbocycles. The number of nitrogens with two attached hydrogens (primary N) is 1. The summed E-state index contributed by atoms with van der Waals surface area (Å²) in [5, 5.41) is 66.3. The van der Waals surface area contributed by atoms with Crippen molar-refractivity contribution in [2.45, 2.75) is 48.9 Å². The number of aromatic nitrogens is 1. The normalized spacial score (nSPS) is 22.1. The van der Waals surface area contributed by atoms with Crippen LogP contribution in [-0.2, 0) is 33.5 Å². The molecule has 2 aliphatic rings. The van der Waals surface area contributed by atoms with Crippen LogP contribution in [-0.4, -0.2) is 133 Å². The molecule has 1 aromatic heterocycles. The number of esters is 2. The smallest absolute Gasteiger partial charge is 0.355 e. The van der Waals surface area contributed by atoms with E-state index in [4.69, 9.17) is 30.3 Å². The Morgan fingerprint density at radius 3 is 2.57 bits per heavy atom. The van der Waals surface area contributed by atoms with Crippen LogP contribution in [0.1, 0.15) is 12.6 Å². The Morgan fingerprint density at radius 1 is 1.26 bits per heavy atom. The van der Waals surface area contributed by atoms with Crippen LogP contribution in [0, 0.1) is 0 Å². The molecule has 7 atom stereocenters. The summed E-state index contributed by atoms with van der Waals surface area (Å²) in [5.41, 5.74) is 5.68. The highest BCUT2D eigenvalue weighted by Gasteiger charge is 2.42. The van der Waals surface area contributed by atoms with Crippen LogP contribution >= 0.6 is 23.1 Å². The van der Waals surface area contributed by atoms with Gasteiger partial charge in [-0.1, -0.05) is 5.16 Å². The number of thiazole rings is 1. The predicted molar refractivity (Wildman–Crippen MR) is 143 cm³/mol. The highest BCUT2D eigenvalue weighted by Crippen LogP contribution is 2.32. The Morgan fingerprint density at radius 2 is 1.95 bits per heavy atom. The van der Waals surface area contributed by atoms with Crippen molar-refractivity contribution >= 4 is 57.8 Å². The number of aliphatic hydroxyl groups excluding tert-OH is 5. The fourth-order valence-corrected chi connectivity index (χ4v) is 5.51. The number of nitrogen functional groups attached to an aromatic ring is 1. The first kappa shape index (κ1) is 33.0. The van der Waals surface area contributed by atoms with E-state index in [9.17, 15) is 39.6 Å². The molecule has 0 spiro atoms. The molecule has 0 radical (unpaired) electrons. The molecule has 2 aliphatic heterocycles. The van der Waals surface area contributed by atoms with Gasteiger partial charge in [0.05, 0.1) is 6.61 Å². The molecular formula is C22H29N5O13S2. The summed E-state index contributed by atoms with van der Waals surface area (Å²) in [6.07, 6.45) is -8.25. The van der Waals surface area contributed by atoms with Crippen molar-refractivity contribution in [3.05, 3.63) is 22.3 Å². The van der Waals surface area contributed by atoms with E-state index in [1.54, 1.807) is 6.92 Å². The van der Waals surface area contributed by atoms with Crippen LogP contribution in [0.15, 0.2) is 21.8 Å². The molecule has 1 amide bonds. The number of carboxylic acid groups (broad SMARTS) is 1. The van der Waals surface area contributed by atoms with Crippen LogP contribution in [0.25, 0.3) is 0 Å². The molecule has 0 fully saturated rings. The van der Waals surface area contributed by atoms with E-state index in [-0.39, 0.29) is 22.3 Å². The number of hydrogen-bond donors (Lipinski definition) is 9. The van der Waals surface area contributed by atoms with Crippen molar-refractivity contribution in [3.8, 4) is 0 Å². The second-order valence-corrected chi connectivity index (χ2v) is 10.9. The molecule has 0 saturated heterocycles. The average molecular weight is 636 g/mol. The third kappa shape index (κ3) is 8.06. The highest BCUT2D eigenvalue weighted by atomic mass is 32.2. The first-order valence-corrected chi connectivity index (χ1v) is 14.0. The number of cyclic esters (lactones) is 1. The van der Waals surface area contributed by atoms with E-state index in [1.807, 2.05) is 0 Å². The Balaban J connectivity index is 1.84. The number of rotatable bonds is 14. The second-order valence-electron chi connectivity index (χ2n) is 8.88. The lowest BCUT2D eigenvalue weighted by atomic mass is 10.0. The molecular weight excluding hydrogens is 606 g/mol. The summed E-state index contributed by atoms with van der Waals surface area (Å²) in [4.78, 5) is 58.3. The number of carboxylic acids is 1. The molecule has 232 valence electrons. The number of ether oxygens (including phenoxy) is 2. The van der Waals surface area contributed by atoms with Crippen LogP contribution in [0.3, 0.4) is 0 Å². The van der Waals surface area contributed by atoms with E-state index >= 15 is 0 Å². The lowest BCUT2D eigenvalue weighted by Gasteiger charge is -2.31. The van der Waals surface area contributed by atoms with Crippen molar-refractivity contribution in [1.29, 1.82) is 0 Å². The number of carbonyl (C=O) groups is 4. The summed E-state index contributed by atoms with van der Waals surface area (Å²) in [7, 11) is 0. The molecule has 10 N–H and O–H groups in total. The minimum Gasteiger partial charge on any atom is -0.479 e. The molecule has 1 aromatic rings. The number of hydrogen-bond acceptors (Lipinski definition) is 18. The number of amides is 1. The van der Waals surface area contributed by atoms with Gasteiger partial charge in [0.2, 0.25) is 6.61 Å². The molecule has 3 rings (SSSR count). The SMILES string of the molecule is CC1OC(=O)C2=C1CS[C@H](C(NC(=O)/C(=N\OCC(=O)O)c1csc(N)n1)C(=O)OC[C@H](O)[C@H](O)[C@@H](O)[C@@H](O)CO)N2. The van der Waals surface area contributed by atoms with Crippen LogP contribution < -0.4 is 16.4 Å². The number of thioether (sulfide) groups is 1. The van der Waals surface area contributed by atoms with Crippen molar-refractivity contribution < 1.29 is 64.1 Å². The van der Waals surface area contributed by atoms with Gasteiger partial charge in [0.1, 0.15) is 53.9 Å². The lowest BCUT2D eigenvalue weighted by Crippen LogP contribution is -2.56. The molecule has 2 unspecified atom stereocenters. The molecule has 42 heavy (non-hydrogen) atoms. The maximum absolute atomic E-state index is 13.3. The standard InChI is InChI=1S/C22H29N5O13S2/c1-7-8-5-41-19(26-13(8)21(37)40-7)15(20(36)38-3-11(30)17(34)16(33)10(29)2-28)25-18(35)14(27-39-4-12(31)32)9-6-42-22(23)24-9/h6-7,10-11,15-17,19,26,28-30,33-34H,2-5H2,1H3,(H2,23,24)(H,25,35)(H,31,32)/b27-14-/t7?,10-,11-,15?,16-,17-,19+/m0/s1. The second kappa shape index (κ2) is 14.6. The summed E-state index contributed by atoms with van der Waals surface area (Å²) in [6, 6.07) is -1.61. The molecule has 3 heterocycles. The first-order valence-electron chi connectivity index (χ1n) is 12.1. The monoisotopic (exact) mass is 635 g/mol. The lowest BCUT2D eigenvalue weighted by molar-refractivity contribution is -0.159.